The van der Waals surface area contributed by atoms with Gasteiger partial charge in [-0.2, -0.15) is 0 Å². The van der Waals surface area contributed by atoms with Gasteiger partial charge in [0, 0.05) is 24.3 Å². The third-order valence-electron chi connectivity index (χ3n) is 4.16. The number of piperidine rings is 1. The molecule has 0 aromatic heterocycles. The molecular weight excluding hydrogens is 298 g/mol. The Labute approximate surface area is 138 Å². The van der Waals surface area contributed by atoms with Crippen molar-refractivity contribution in [3.63, 3.8) is 0 Å². The molecule has 0 bridgehead atoms. The van der Waals surface area contributed by atoms with Crippen molar-refractivity contribution >= 4 is 23.6 Å². The van der Waals surface area contributed by atoms with E-state index in [1.165, 1.54) is 0 Å². The molecule has 0 radical (unpaired) electrons. The molecule has 0 aromatic carbocycles. The van der Waals surface area contributed by atoms with E-state index in [4.69, 9.17) is 0 Å². The summed E-state index contributed by atoms with van der Waals surface area (Å²) < 4.78 is 0. The topological polar surface area (TPSA) is 61.4 Å². The van der Waals surface area contributed by atoms with Crippen LogP contribution in [0.4, 0.5) is 0 Å². The second-order valence-electron chi connectivity index (χ2n) is 7.70. The monoisotopic (exact) mass is 327 g/mol. The first-order chi connectivity index (χ1) is 10.3. The highest BCUT2D eigenvalue weighted by Gasteiger charge is 2.36. The van der Waals surface area contributed by atoms with Crippen molar-refractivity contribution in [1.82, 2.24) is 15.5 Å². The van der Waals surface area contributed by atoms with Gasteiger partial charge in [-0.1, -0.05) is 20.8 Å². The molecule has 2 amide bonds. The molecule has 2 saturated heterocycles. The van der Waals surface area contributed by atoms with Crippen LogP contribution >= 0.6 is 11.8 Å². The second kappa shape index (κ2) is 7.21. The van der Waals surface area contributed by atoms with Gasteiger partial charge in [-0.15, -0.1) is 11.8 Å². The number of thioether (sulfide) groups is 1. The van der Waals surface area contributed by atoms with Crippen LogP contribution in [0.3, 0.4) is 0 Å². The summed E-state index contributed by atoms with van der Waals surface area (Å²) in [6.45, 7) is 9.25. The molecule has 2 heterocycles. The van der Waals surface area contributed by atoms with E-state index >= 15 is 0 Å². The number of nitrogens with zero attached hydrogens (tertiary/aromatic N) is 1. The lowest BCUT2D eigenvalue weighted by molar-refractivity contribution is -0.139. The smallest absolute Gasteiger partial charge is 0.243 e. The van der Waals surface area contributed by atoms with Gasteiger partial charge in [0.25, 0.3) is 0 Å². The molecule has 2 N–H and O–H groups in total. The van der Waals surface area contributed by atoms with Crippen molar-refractivity contribution in [2.45, 2.75) is 65.1 Å². The first kappa shape index (κ1) is 17.6. The van der Waals surface area contributed by atoms with E-state index in [0.29, 0.717) is 24.1 Å². The minimum atomic E-state index is -0.301. The summed E-state index contributed by atoms with van der Waals surface area (Å²) >= 11 is 1.67. The number of hydrogen-bond acceptors (Lipinski definition) is 4. The Morgan fingerprint density at radius 2 is 2.09 bits per heavy atom. The third-order valence-corrected chi connectivity index (χ3v) is 5.17. The van der Waals surface area contributed by atoms with Gasteiger partial charge in [0.2, 0.25) is 11.8 Å². The predicted octanol–water partition coefficient (Wildman–Crippen LogP) is 1.58. The van der Waals surface area contributed by atoms with E-state index in [2.05, 4.69) is 38.3 Å². The minimum Gasteiger partial charge on any atom is -0.351 e. The molecule has 2 fully saturated rings. The normalized spacial score (nSPS) is 29.5. The molecule has 126 valence electrons. The van der Waals surface area contributed by atoms with Crippen molar-refractivity contribution in [3.05, 3.63) is 0 Å². The zero-order chi connectivity index (χ0) is 16.3. The number of carbonyl (C=O) groups is 2. The van der Waals surface area contributed by atoms with Gasteiger partial charge in [-0.05, 0) is 31.7 Å². The van der Waals surface area contributed by atoms with Crippen LogP contribution in [-0.4, -0.2) is 53.0 Å². The van der Waals surface area contributed by atoms with Gasteiger partial charge >= 0.3 is 0 Å². The number of hydrogen-bond donors (Lipinski definition) is 2. The molecule has 2 aliphatic rings. The molecule has 0 spiro atoms. The van der Waals surface area contributed by atoms with Crippen LogP contribution in [0.2, 0.25) is 0 Å². The lowest BCUT2D eigenvalue weighted by Crippen LogP contribution is -2.53. The molecule has 3 atom stereocenters. The summed E-state index contributed by atoms with van der Waals surface area (Å²) in [6.07, 6.45) is 2.41. The average Bonchev–Trinajstić information content (AvgIpc) is 2.85. The first-order valence-corrected chi connectivity index (χ1v) is 9.33. The molecule has 22 heavy (non-hydrogen) atoms. The largest absolute Gasteiger partial charge is 0.351 e. The van der Waals surface area contributed by atoms with E-state index in [-0.39, 0.29) is 29.3 Å². The molecule has 0 aliphatic carbocycles. The highest BCUT2D eigenvalue weighted by atomic mass is 32.2. The fourth-order valence-electron chi connectivity index (χ4n) is 3.02. The summed E-state index contributed by atoms with van der Waals surface area (Å²) in [5.74, 6) is 1.46. The van der Waals surface area contributed by atoms with Crippen molar-refractivity contribution in [3.8, 4) is 0 Å². The number of carbonyl (C=O) groups excluding carboxylic acids is 2. The van der Waals surface area contributed by atoms with Gasteiger partial charge in [-0.3, -0.25) is 9.59 Å². The molecule has 5 nitrogen and oxygen atoms in total. The average molecular weight is 327 g/mol. The van der Waals surface area contributed by atoms with Gasteiger partial charge in [0.05, 0.1) is 5.88 Å². The Hall–Kier alpha value is -0.750. The van der Waals surface area contributed by atoms with Gasteiger partial charge in [0.1, 0.15) is 6.04 Å². The maximum Gasteiger partial charge on any atom is 0.243 e. The summed E-state index contributed by atoms with van der Waals surface area (Å²) in [5.41, 5.74) is -0.0458. The van der Waals surface area contributed by atoms with E-state index in [1.54, 1.807) is 16.7 Å². The summed E-state index contributed by atoms with van der Waals surface area (Å²) in [7, 11) is 0. The Morgan fingerprint density at radius 1 is 1.36 bits per heavy atom. The van der Waals surface area contributed by atoms with Crippen molar-refractivity contribution < 1.29 is 9.59 Å². The molecule has 0 saturated carbocycles. The van der Waals surface area contributed by atoms with Crippen molar-refractivity contribution in [2.24, 2.45) is 5.41 Å². The quantitative estimate of drug-likeness (QED) is 0.826. The van der Waals surface area contributed by atoms with Crippen LogP contribution in [0.25, 0.3) is 0 Å². The fourth-order valence-corrected chi connectivity index (χ4v) is 4.20. The van der Waals surface area contributed by atoms with Gasteiger partial charge in [-0.25, -0.2) is 0 Å². The SMILES string of the molecule is CC1CC(NC(=O)C2CSCN2C(=O)CC(C)(C)C)CCN1. The lowest BCUT2D eigenvalue weighted by Gasteiger charge is -2.31. The number of amides is 2. The summed E-state index contributed by atoms with van der Waals surface area (Å²) in [6, 6.07) is 0.370. The predicted molar refractivity (Wildman–Crippen MR) is 90.7 cm³/mol. The molecule has 2 rings (SSSR count). The Morgan fingerprint density at radius 3 is 2.73 bits per heavy atom. The summed E-state index contributed by atoms with van der Waals surface area (Å²) in [4.78, 5) is 26.8. The second-order valence-corrected chi connectivity index (χ2v) is 8.70. The lowest BCUT2D eigenvalue weighted by atomic mass is 9.91. The maximum absolute atomic E-state index is 12.6. The Bertz CT molecular complexity index is 422. The zero-order valence-electron chi connectivity index (χ0n) is 14.1. The van der Waals surface area contributed by atoms with E-state index in [0.717, 1.165) is 19.4 Å². The minimum absolute atomic E-state index is 0.0198. The molecule has 0 aromatic rings. The third kappa shape index (κ3) is 4.88. The molecular formula is C16H29N3O2S. The highest BCUT2D eigenvalue weighted by molar-refractivity contribution is 7.99. The molecule has 2 aliphatic heterocycles. The van der Waals surface area contributed by atoms with Crippen LogP contribution in [-0.2, 0) is 9.59 Å². The first-order valence-electron chi connectivity index (χ1n) is 8.17. The van der Waals surface area contributed by atoms with Gasteiger partial charge in [0.15, 0.2) is 0 Å². The van der Waals surface area contributed by atoms with Crippen LogP contribution in [0.1, 0.15) is 47.0 Å². The molecule has 3 unspecified atom stereocenters. The number of nitrogens with one attached hydrogen (secondary N) is 2. The van der Waals surface area contributed by atoms with Crippen LogP contribution in [0.15, 0.2) is 0 Å². The Balaban J connectivity index is 1.92. The fraction of sp³-hybridized carbons (Fsp3) is 0.875. The van der Waals surface area contributed by atoms with Crippen LogP contribution in [0, 0.1) is 5.41 Å². The van der Waals surface area contributed by atoms with Gasteiger partial charge < -0.3 is 15.5 Å². The Kier molecular flexibility index (Phi) is 5.77. The zero-order valence-corrected chi connectivity index (χ0v) is 15.0. The van der Waals surface area contributed by atoms with Crippen LogP contribution < -0.4 is 10.6 Å². The molecule has 6 heteroatoms. The van der Waals surface area contributed by atoms with Crippen molar-refractivity contribution in [2.75, 3.05) is 18.2 Å². The highest BCUT2D eigenvalue weighted by Crippen LogP contribution is 2.26. The maximum atomic E-state index is 12.6. The van der Waals surface area contributed by atoms with E-state index in [1.807, 2.05) is 0 Å². The summed E-state index contributed by atoms with van der Waals surface area (Å²) in [5, 5.41) is 6.54. The van der Waals surface area contributed by atoms with E-state index < -0.39 is 0 Å². The standard InChI is InChI=1S/C16H29N3O2S/c1-11-7-12(5-6-17-11)18-15(21)13-9-22-10-19(13)14(20)8-16(2,3)4/h11-13,17H,5-10H2,1-4H3,(H,18,21). The van der Waals surface area contributed by atoms with Crippen LogP contribution in [0.5, 0.6) is 0 Å². The van der Waals surface area contributed by atoms with E-state index in [9.17, 15) is 9.59 Å². The van der Waals surface area contributed by atoms with Crippen molar-refractivity contribution in [1.29, 1.82) is 0 Å². The number of rotatable bonds is 3.